The van der Waals surface area contributed by atoms with Gasteiger partial charge in [-0.3, -0.25) is 0 Å². The van der Waals surface area contributed by atoms with Crippen molar-refractivity contribution in [3.8, 4) is 18.1 Å². The van der Waals surface area contributed by atoms with E-state index in [0.717, 1.165) is 16.3 Å². The monoisotopic (exact) mass is 244 g/mol. The molecule has 3 heteroatoms. The maximum atomic E-state index is 13.6. The van der Waals surface area contributed by atoms with Crippen molar-refractivity contribution in [3.63, 3.8) is 0 Å². The normalized spacial score (nSPS) is 10.3. The van der Waals surface area contributed by atoms with Crippen LogP contribution in [-0.4, -0.2) is 13.9 Å². The second-order valence-electron chi connectivity index (χ2n) is 3.96. The standard InChI is InChI=1S/C15H13FO2/c1-4-13-14(16)6-5-11-8-12(18-9-17-3)7-10(2)15(11)13/h1,5-8H,9H2,2-3H3. The van der Waals surface area contributed by atoms with E-state index in [1.54, 1.807) is 13.2 Å². The number of ether oxygens (including phenoxy) is 2. The maximum Gasteiger partial charge on any atom is 0.188 e. The van der Waals surface area contributed by atoms with Crippen molar-refractivity contribution < 1.29 is 13.9 Å². The fraction of sp³-hybridized carbons (Fsp3) is 0.200. The summed E-state index contributed by atoms with van der Waals surface area (Å²) < 4.78 is 23.8. The number of hydrogen-bond donors (Lipinski definition) is 0. The minimum Gasteiger partial charge on any atom is -0.468 e. The molecule has 0 amide bonds. The number of benzene rings is 2. The van der Waals surface area contributed by atoms with Gasteiger partial charge in [-0.1, -0.05) is 12.0 Å². The van der Waals surface area contributed by atoms with Gasteiger partial charge in [-0.15, -0.1) is 6.42 Å². The Morgan fingerprint density at radius 3 is 2.78 bits per heavy atom. The molecule has 0 N–H and O–H groups in total. The lowest BCUT2D eigenvalue weighted by atomic mass is 9.99. The predicted octanol–water partition coefficient (Wildman–Crippen LogP) is 3.25. The van der Waals surface area contributed by atoms with Gasteiger partial charge in [0.15, 0.2) is 6.79 Å². The van der Waals surface area contributed by atoms with E-state index in [1.165, 1.54) is 6.07 Å². The molecule has 0 aliphatic heterocycles. The highest BCUT2D eigenvalue weighted by molar-refractivity contribution is 5.92. The number of fused-ring (bicyclic) bond motifs is 1. The Bertz CT molecular complexity index is 626. The van der Waals surface area contributed by atoms with E-state index in [0.29, 0.717) is 11.3 Å². The fourth-order valence-electron chi connectivity index (χ4n) is 1.97. The molecule has 0 aliphatic rings. The van der Waals surface area contributed by atoms with Crippen molar-refractivity contribution in [2.75, 3.05) is 13.9 Å². The van der Waals surface area contributed by atoms with Gasteiger partial charge < -0.3 is 9.47 Å². The first kappa shape index (κ1) is 12.4. The third kappa shape index (κ3) is 2.15. The Labute approximate surface area is 105 Å². The highest BCUT2D eigenvalue weighted by Crippen LogP contribution is 2.29. The van der Waals surface area contributed by atoms with Crippen molar-refractivity contribution in [1.82, 2.24) is 0 Å². The first-order chi connectivity index (χ1) is 8.67. The van der Waals surface area contributed by atoms with Crippen LogP contribution < -0.4 is 4.74 Å². The Morgan fingerprint density at radius 2 is 2.11 bits per heavy atom. The summed E-state index contributed by atoms with van der Waals surface area (Å²) in [6.45, 7) is 2.05. The molecular weight excluding hydrogens is 231 g/mol. The summed E-state index contributed by atoms with van der Waals surface area (Å²) in [6, 6.07) is 6.71. The maximum absolute atomic E-state index is 13.6. The van der Waals surface area contributed by atoms with Gasteiger partial charge in [0.1, 0.15) is 11.6 Å². The van der Waals surface area contributed by atoms with Crippen LogP contribution in [0.4, 0.5) is 4.39 Å². The molecule has 0 spiro atoms. The van der Waals surface area contributed by atoms with Crippen LogP contribution in [0.25, 0.3) is 10.8 Å². The second-order valence-corrected chi connectivity index (χ2v) is 3.96. The molecule has 92 valence electrons. The molecule has 0 heterocycles. The fourth-order valence-corrected chi connectivity index (χ4v) is 1.97. The van der Waals surface area contributed by atoms with Crippen LogP contribution in [0.15, 0.2) is 24.3 Å². The first-order valence-electron chi connectivity index (χ1n) is 5.48. The smallest absolute Gasteiger partial charge is 0.188 e. The van der Waals surface area contributed by atoms with Crippen molar-refractivity contribution in [2.24, 2.45) is 0 Å². The van der Waals surface area contributed by atoms with Crippen molar-refractivity contribution >= 4 is 10.8 Å². The zero-order valence-corrected chi connectivity index (χ0v) is 10.3. The van der Waals surface area contributed by atoms with Gasteiger partial charge in [-0.2, -0.15) is 0 Å². The Kier molecular flexibility index (Phi) is 3.50. The van der Waals surface area contributed by atoms with Crippen LogP contribution in [0.1, 0.15) is 11.1 Å². The van der Waals surface area contributed by atoms with Crippen LogP contribution in [0.2, 0.25) is 0 Å². The van der Waals surface area contributed by atoms with Gasteiger partial charge in [0, 0.05) is 12.5 Å². The van der Waals surface area contributed by atoms with Crippen molar-refractivity contribution in [1.29, 1.82) is 0 Å². The Hall–Kier alpha value is -2.05. The quantitative estimate of drug-likeness (QED) is 0.609. The van der Waals surface area contributed by atoms with Gasteiger partial charge in [0.2, 0.25) is 0 Å². The topological polar surface area (TPSA) is 18.5 Å². The molecule has 0 bridgehead atoms. The molecule has 0 fully saturated rings. The minimum absolute atomic E-state index is 0.175. The van der Waals surface area contributed by atoms with E-state index in [4.69, 9.17) is 15.9 Å². The Morgan fingerprint density at radius 1 is 1.33 bits per heavy atom. The molecule has 0 unspecified atom stereocenters. The SMILES string of the molecule is C#Cc1c(F)ccc2cc(OCOC)cc(C)c12. The second kappa shape index (κ2) is 5.07. The molecule has 0 saturated heterocycles. The third-order valence-corrected chi connectivity index (χ3v) is 2.73. The highest BCUT2D eigenvalue weighted by atomic mass is 19.1. The lowest BCUT2D eigenvalue weighted by Gasteiger charge is -2.10. The number of terminal acetylenes is 1. The average Bonchev–Trinajstić information content (AvgIpc) is 2.37. The summed E-state index contributed by atoms with van der Waals surface area (Å²) in [5.74, 6) is 2.70. The lowest BCUT2D eigenvalue weighted by molar-refractivity contribution is 0.0512. The Balaban J connectivity index is 2.62. The molecule has 18 heavy (non-hydrogen) atoms. The lowest BCUT2D eigenvalue weighted by Crippen LogP contribution is -1.99. The molecule has 2 aromatic carbocycles. The van der Waals surface area contributed by atoms with E-state index in [-0.39, 0.29) is 12.6 Å². The molecule has 2 nitrogen and oxygen atoms in total. The number of methoxy groups -OCH3 is 1. The van der Waals surface area contributed by atoms with Crippen LogP contribution in [0, 0.1) is 25.1 Å². The van der Waals surface area contributed by atoms with Crippen molar-refractivity contribution in [2.45, 2.75) is 6.92 Å². The summed E-state index contributed by atoms with van der Waals surface area (Å²) in [5.41, 5.74) is 1.18. The molecule has 2 rings (SSSR count). The largest absolute Gasteiger partial charge is 0.468 e. The van der Waals surface area contributed by atoms with Crippen LogP contribution in [0.5, 0.6) is 5.75 Å². The van der Waals surface area contributed by atoms with Gasteiger partial charge in [0.25, 0.3) is 0 Å². The van der Waals surface area contributed by atoms with E-state index in [2.05, 4.69) is 5.92 Å². The van der Waals surface area contributed by atoms with Gasteiger partial charge in [-0.25, -0.2) is 4.39 Å². The number of aryl methyl sites for hydroxylation is 1. The van der Waals surface area contributed by atoms with E-state index < -0.39 is 0 Å². The number of hydrogen-bond acceptors (Lipinski definition) is 2. The zero-order chi connectivity index (χ0) is 13.1. The first-order valence-corrected chi connectivity index (χ1v) is 5.48. The van der Waals surface area contributed by atoms with Gasteiger partial charge in [0.05, 0.1) is 5.56 Å². The molecular formula is C15H13FO2. The average molecular weight is 244 g/mol. The molecule has 0 saturated carbocycles. The highest BCUT2D eigenvalue weighted by Gasteiger charge is 2.09. The molecule has 0 atom stereocenters. The van der Waals surface area contributed by atoms with Crippen LogP contribution in [0.3, 0.4) is 0 Å². The van der Waals surface area contributed by atoms with Crippen LogP contribution in [-0.2, 0) is 4.74 Å². The predicted molar refractivity (Wildman–Crippen MR) is 69.1 cm³/mol. The number of rotatable bonds is 3. The summed E-state index contributed by atoms with van der Waals surface area (Å²) in [5, 5.41) is 1.61. The molecule has 0 aromatic heterocycles. The van der Waals surface area contributed by atoms with Crippen molar-refractivity contribution in [3.05, 3.63) is 41.2 Å². The zero-order valence-electron chi connectivity index (χ0n) is 10.3. The molecule has 0 aliphatic carbocycles. The third-order valence-electron chi connectivity index (χ3n) is 2.73. The summed E-state index contributed by atoms with van der Waals surface area (Å²) in [7, 11) is 1.56. The summed E-state index contributed by atoms with van der Waals surface area (Å²) in [6.07, 6.45) is 5.36. The van der Waals surface area contributed by atoms with Crippen LogP contribution >= 0.6 is 0 Å². The van der Waals surface area contributed by atoms with Gasteiger partial charge >= 0.3 is 0 Å². The van der Waals surface area contributed by atoms with E-state index >= 15 is 0 Å². The summed E-state index contributed by atoms with van der Waals surface area (Å²) >= 11 is 0. The minimum atomic E-state index is -0.376. The molecule has 2 aromatic rings. The number of halogens is 1. The molecule has 0 radical (unpaired) electrons. The van der Waals surface area contributed by atoms with E-state index in [9.17, 15) is 4.39 Å². The summed E-state index contributed by atoms with van der Waals surface area (Å²) in [4.78, 5) is 0. The van der Waals surface area contributed by atoms with E-state index in [1.807, 2.05) is 19.1 Å². The van der Waals surface area contributed by atoms with Gasteiger partial charge in [-0.05, 0) is 36.1 Å².